The summed E-state index contributed by atoms with van der Waals surface area (Å²) in [6, 6.07) is 22.9. The van der Waals surface area contributed by atoms with Crippen molar-refractivity contribution in [2.75, 3.05) is 6.61 Å². The molecule has 0 N–H and O–H groups in total. The number of rotatable bonds is 6. The van der Waals surface area contributed by atoms with E-state index in [9.17, 15) is 9.59 Å². The normalized spacial score (nSPS) is 15.2. The zero-order chi connectivity index (χ0) is 28.7. The van der Waals surface area contributed by atoms with Gasteiger partial charge < -0.3 is 9.30 Å². The van der Waals surface area contributed by atoms with Crippen molar-refractivity contribution < 1.29 is 9.53 Å². The van der Waals surface area contributed by atoms with Crippen LogP contribution in [-0.2, 0) is 16.1 Å². The van der Waals surface area contributed by atoms with Crippen LogP contribution in [0.2, 0.25) is 5.02 Å². The van der Waals surface area contributed by atoms with E-state index in [4.69, 9.17) is 21.3 Å². The summed E-state index contributed by atoms with van der Waals surface area (Å²) in [5.41, 5.74) is 4.63. The summed E-state index contributed by atoms with van der Waals surface area (Å²) in [6.07, 6.45) is 3.99. The molecule has 1 aliphatic heterocycles. The number of hydrogen-bond donors (Lipinski definition) is 0. The van der Waals surface area contributed by atoms with Gasteiger partial charge in [0.1, 0.15) is 0 Å². The fourth-order valence-electron chi connectivity index (χ4n) is 5.20. The quantitative estimate of drug-likeness (QED) is 0.206. The molecule has 0 fully saturated rings. The molecule has 6 nitrogen and oxygen atoms in total. The van der Waals surface area contributed by atoms with Crippen LogP contribution in [0.4, 0.5) is 0 Å². The summed E-state index contributed by atoms with van der Waals surface area (Å²) in [5.74, 6) is -0.471. The lowest BCUT2D eigenvalue weighted by molar-refractivity contribution is -0.139. The van der Waals surface area contributed by atoms with E-state index in [-0.39, 0.29) is 12.2 Å². The number of carbonyl (C=O) groups excluding carboxylic acids is 1. The Morgan fingerprint density at radius 1 is 1.10 bits per heavy atom. The highest BCUT2D eigenvalue weighted by Gasteiger charge is 2.33. The van der Waals surface area contributed by atoms with E-state index in [0.29, 0.717) is 32.2 Å². The topological polar surface area (TPSA) is 65.6 Å². The Morgan fingerprint density at radius 2 is 1.83 bits per heavy atom. The first kappa shape index (κ1) is 27.4. The lowest BCUT2D eigenvalue weighted by Crippen LogP contribution is -2.39. The van der Waals surface area contributed by atoms with Gasteiger partial charge in [-0.05, 0) is 61.4 Å². The molecule has 0 bridgehead atoms. The van der Waals surface area contributed by atoms with Crippen molar-refractivity contribution in [1.82, 2.24) is 9.13 Å². The monoisotopic (exact) mass is 645 g/mol. The van der Waals surface area contributed by atoms with E-state index < -0.39 is 12.0 Å². The van der Waals surface area contributed by atoms with Gasteiger partial charge in [-0.3, -0.25) is 9.36 Å². The van der Waals surface area contributed by atoms with E-state index in [0.717, 1.165) is 32.1 Å². The number of nitrogens with zero attached hydrogens (tertiary/aromatic N) is 3. The average Bonchev–Trinajstić information content (AvgIpc) is 3.46. The minimum Gasteiger partial charge on any atom is -0.463 e. The van der Waals surface area contributed by atoms with Crippen LogP contribution in [0.1, 0.15) is 36.6 Å². The minimum atomic E-state index is -0.646. The summed E-state index contributed by atoms with van der Waals surface area (Å²) in [5, 5.41) is 1.74. The second kappa shape index (κ2) is 11.3. The average molecular weight is 647 g/mol. The van der Waals surface area contributed by atoms with Crippen LogP contribution in [0.15, 0.2) is 105 Å². The molecule has 0 amide bonds. The highest BCUT2D eigenvalue weighted by molar-refractivity contribution is 9.10. The lowest BCUT2D eigenvalue weighted by atomic mass is 9.96. The Labute approximate surface area is 253 Å². The number of thiazole rings is 1. The van der Waals surface area contributed by atoms with Crippen molar-refractivity contribution in [3.63, 3.8) is 0 Å². The van der Waals surface area contributed by atoms with E-state index >= 15 is 0 Å². The molecule has 206 valence electrons. The number of hydrogen-bond acceptors (Lipinski definition) is 5. The van der Waals surface area contributed by atoms with Gasteiger partial charge in [-0.1, -0.05) is 81.3 Å². The first-order chi connectivity index (χ1) is 19.8. The van der Waals surface area contributed by atoms with Crippen LogP contribution in [0.5, 0.6) is 0 Å². The van der Waals surface area contributed by atoms with Gasteiger partial charge in [-0.15, -0.1) is 0 Å². The minimum absolute atomic E-state index is 0.203. The first-order valence-electron chi connectivity index (χ1n) is 13.1. The molecule has 5 aromatic rings. The lowest BCUT2D eigenvalue weighted by Gasteiger charge is -2.24. The molecule has 41 heavy (non-hydrogen) atoms. The number of para-hydroxylation sites is 1. The highest BCUT2D eigenvalue weighted by Crippen LogP contribution is 2.31. The molecule has 0 aliphatic carbocycles. The molecule has 0 unspecified atom stereocenters. The number of halogens is 2. The third-order valence-corrected chi connectivity index (χ3v) is 8.84. The predicted molar refractivity (Wildman–Crippen MR) is 167 cm³/mol. The summed E-state index contributed by atoms with van der Waals surface area (Å²) in [4.78, 5) is 32.4. The maximum Gasteiger partial charge on any atom is 0.338 e. The molecule has 0 spiro atoms. The molecule has 9 heteroatoms. The molecule has 2 aromatic heterocycles. The van der Waals surface area contributed by atoms with Crippen LogP contribution in [0.25, 0.3) is 17.0 Å². The summed E-state index contributed by atoms with van der Waals surface area (Å²) < 4.78 is 10.6. The predicted octanol–water partition coefficient (Wildman–Crippen LogP) is 6.22. The van der Waals surface area contributed by atoms with Crippen LogP contribution in [0, 0.1) is 0 Å². The van der Waals surface area contributed by atoms with Crippen LogP contribution < -0.4 is 14.9 Å². The van der Waals surface area contributed by atoms with Crippen molar-refractivity contribution in [2.45, 2.75) is 26.4 Å². The Bertz CT molecular complexity index is 2000. The van der Waals surface area contributed by atoms with Crippen molar-refractivity contribution in [3.8, 4) is 0 Å². The number of aromatic nitrogens is 2. The Hall–Kier alpha value is -3.72. The van der Waals surface area contributed by atoms with E-state index in [1.54, 1.807) is 18.4 Å². The number of esters is 1. The summed E-state index contributed by atoms with van der Waals surface area (Å²) in [6.45, 7) is 4.45. The second-order valence-corrected chi connectivity index (χ2v) is 12.1. The SMILES string of the molecule is CCOC(=O)C1=C(C)N=c2s/c(=C\c3cn(Cc4ccc(Cl)cc4)c4ccccc34)c(=O)n2[C@H]1c1ccc(Br)cc1. The van der Waals surface area contributed by atoms with Crippen molar-refractivity contribution in [3.05, 3.63) is 136 Å². The number of allylic oxidation sites excluding steroid dienone is 1. The van der Waals surface area contributed by atoms with Crippen molar-refractivity contribution in [1.29, 1.82) is 0 Å². The maximum absolute atomic E-state index is 14.0. The number of benzene rings is 3. The maximum atomic E-state index is 14.0. The Kier molecular flexibility index (Phi) is 7.55. The molecular formula is C32H25BrClN3O3S. The van der Waals surface area contributed by atoms with E-state index in [2.05, 4.69) is 38.8 Å². The zero-order valence-electron chi connectivity index (χ0n) is 22.3. The van der Waals surface area contributed by atoms with Gasteiger partial charge >= 0.3 is 5.97 Å². The first-order valence-corrected chi connectivity index (χ1v) is 15.1. The summed E-state index contributed by atoms with van der Waals surface area (Å²) >= 11 is 10.9. The fraction of sp³-hybridized carbons (Fsp3) is 0.156. The standard InChI is InChI=1S/C32H25BrClN3O3S/c1-3-40-31(39)28-19(2)35-32-37(29(28)21-10-12-23(33)13-11-21)30(38)27(41-32)16-22-18-36(26-7-5-4-6-25(22)26)17-20-8-14-24(34)15-9-20/h4-16,18,29H,3,17H2,1-2H3/b27-16-/t29-/m0/s1. The van der Waals surface area contributed by atoms with Gasteiger partial charge in [-0.25, -0.2) is 9.79 Å². The third-order valence-electron chi connectivity index (χ3n) is 7.07. The molecule has 0 saturated heterocycles. The number of ether oxygens (including phenoxy) is 1. The van der Waals surface area contributed by atoms with Gasteiger partial charge in [0.25, 0.3) is 5.56 Å². The molecule has 1 atom stereocenters. The largest absolute Gasteiger partial charge is 0.463 e. The number of carbonyl (C=O) groups is 1. The van der Waals surface area contributed by atoms with Crippen molar-refractivity contribution in [2.24, 2.45) is 4.99 Å². The van der Waals surface area contributed by atoms with E-state index in [1.165, 1.54) is 11.3 Å². The third kappa shape index (κ3) is 5.23. The smallest absolute Gasteiger partial charge is 0.338 e. The van der Waals surface area contributed by atoms with Crippen LogP contribution in [-0.4, -0.2) is 21.7 Å². The van der Waals surface area contributed by atoms with Crippen LogP contribution in [0.3, 0.4) is 0 Å². The summed E-state index contributed by atoms with van der Waals surface area (Å²) in [7, 11) is 0. The zero-order valence-corrected chi connectivity index (χ0v) is 25.5. The Morgan fingerprint density at radius 3 is 2.56 bits per heavy atom. The van der Waals surface area contributed by atoms with E-state index in [1.807, 2.05) is 66.7 Å². The van der Waals surface area contributed by atoms with Gasteiger partial charge in [0, 0.05) is 38.7 Å². The molecule has 3 heterocycles. The fourth-order valence-corrected chi connectivity index (χ4v) is 6.63. The van der Waals surface area contributed by atoms with Crippen molar-refractivity contribution >= 4 is 61.8 Å². The molecule has 6 rings (SSSR count). The van der Waals surface area contributed by atoms with Gasteiger partial charge in [0.05, 0.1) is 28.5 Å². The van der Waals surface area contributed by atoms with Crippen LogP contribution >= 0.6 is 38.9 Å². The van der Waals surface area contributed by atoms with Gasteiger partial charge in [0.2, 0.25) is 0 Å². The molecule has 0 saturated carbocycles. The van der Waals surface area contributed by atoms with Gasteiger partial charge in [-0.2, -0.15) is 0 Å². The van der Waals surface area contributed by atoms with Gasteiger partial charge in [0.15, 0.2) is 4.80 Å². The Balaban J connectivity index is 1.51. The molecule has 0 radical (unpaired) electrons. The number of fused-ring (bicyclic) bond motifs is 2. The second-order valence-electron chi connectivity index (χ2n) is 9.71. The molecular weight excluding hydrogens is 622 g/mol. The molecule has 1 aliphatic rings. The molecule has 3 aromatic carbocycles. The highest BCUT2D eigenvalue weighted by atomic mass is 79.9.